The van der Waals surface area contributed by atoms with E-state index in [-0.39, 0.29) is 12.1 Å². The Kier molecular flexibility index (Phi) is 7.25. The number of aromatic nitrogens is 3. The molecule has 12 heteroatoms. The van der Waals surface area contributed by atoms with Crippen molar-refractivity contribution < 1.29 is 17.9 Å². The largest absolute Gasteiger partial charge is 0.496 e. The second kappa shape index (κ2) is 10.4. The van der Waals surface area contributed by atoms with Crippen LogP contribution in [-0.2, 0) is 14.8 Å². The van der Waals surface area contributed by atoms with Gasteiger partial charge in [0.25, 0.3) is 0 Å². The summed E-state index contributed by atoms with van der Waals surface area (Å²) in [5.74, 6) is 1.31. The second-order valence-corrected chi connectivity index (χ2v) is 11.5. The minimum absolute atomic E-state index is 0.106. The Hall–Kier alpha value is -2.60. The van der Waals surface area contributed by atoms with E-state index >= 15 is 0 Å². The summed E-state index contributed by atoms with van der Waals surface area (Å²) >= 11 is 6.57. The Balaban J connectivity index is 1.47. The second-order valence-electron chi connectivity index (χ2n) is 9.28. The zero-order valence-electron chi connectivity index (χ0n) is 20.4. The molecular formula is C24H31ClN6O4S. The van der Waals surface area contributed by atoms with Gasteiger partial charge in [-0.1, -0.05) is 24.4 Å². The fraction of sp³-hybridized carbons (Fsp3) is 0.500. The highest BCUT2D eigenvalue weighted by molar-refractivity contribution is 7.88. The fourth-order valence-electron chi connectivity index (χ4n) is 5.00. The molecule has 3 heterocycles. The van der Waals surface area contributed by atoms with Crippen molar-refractivity contribution >= 4 is 44.2 Å². The number of morpholine rings is 1. The van der Waals surface area contributed by atoms with Crippen LogP contribution in [0.1, 0.15) is 25.7 Å². The Labute approximate surface area is 215 Å². The smallest absolute Gasteiger partial charge is 0.209 e. The van der Waals surface area contributed by atoms with Crippen molar-refractivity contribution in [2.45, 2.75) is 37.8 Å². The lowest BCUT2D eigenvalue weighted by molar-refractivity contribution is 0.122. The number of pyridine rings is 1. The Bertz CT molecular complexity index is 1340. The number of ether oxygens (including phenoxy) is 2. The molecule has 3 aromatic rings. The summed E-state index contributed by atoms with van der Waals surface area (Å²) < 4.78 is 37.8. The molecule has 1 aliphatic heterocycles. The van der Waals surface area contributed by atoms with E-state index in [4.69, 9.17) is 26.1 Å². The number of rotatable bonds is 7. The third-order valence-corrected chi connectivity index (χ3v) is 7.77. The van der Waals surface area contributed by atoms with Crippen LogP contribution in [0.3, 0.4) is 0 Å². The fourth-order valence-corrected chi connectivity index (χ4v) is 6.03. The lowest BCUT2D eigenvalue weighted by Crippen LogP contribution is -2.48. The quantitative estimate of drug-likeness (QED) is 0.421. The summed E-state index contributed by atoms with van der Waals surface area (Å²) in [7, 11) is -1.69. The number of fused-ring (bicyclic) bond motifs is 1. The maximum atomic E-state index is 11.9. The minimum atomic E-state index is -3.33. The highest BCUT2D eigenvalue weighted by Gasteiger charge is 2.29. The highest BCUT2D eigenvalue weighted by Crippen LogP contribution is 2.37. The van der Waals surface area contributed by atoms with Crippen LogP contribution in [0.15, 0.2) is 24.4 Å². The van der Waals surface area contributed by atoms with E-state index in [1.807, 2.05) is 12.1 Å². The number of H-pyrrole nitrogens is 1. The van der Waals surface area contributed by atoms with E-state index in [9.17, 15) is 8.42 Å². The van der Waals surface area contributed by atoms with E-state index in [1.54, 1.807) is 13.3 Å². The number of nitrogens with zero attached hydrogens (tertiary/aromatic N) is 3. The summed E-state index contributed by atoms with van der Waals surface area (Å²) in [6, 6.07) is 5.73. The number of hydrogen-bond donors (Lipinski definition) is 3. The molecule has 3 N–H and O–H groups in total. The van der Waals surface area contributed by atoms with E-state index in [1.165, 1.54) is 6.26 Å². The third kappa shape index (κ3) is 5.39. The van der Waals surface area contributed by atoms with E-state index < -0.39 is 10.0 Å². The van der Waals surface area contributed by atoms with Crippen LogP contribution in [0.4, 0.5) is 11.4 Å². The van der Waals surface area contributed by atoms with Gasteiger partial charge in [0.2, 0.25) is 10.0 Å². The van der Waals surface area contributed by atoms with Crippen molar-refractivity contribution in [2.24, 2.45) is 0 Å². The monoisotopic (exact) mass is 534 g/mol. The first-order valence-corrected chi connectivity index (χ1v) is 14.4. The van der Waals surface area contributed by atoms with Crippen LogP contribution in [0, 0.1) is 0 Å². The van der Waals surface area contributed by atoms with Gasteiger partial charge in [0.1, 0.15) is 17.1 Å². The molecule has 2 aromatic heterocycles. The average molecular weight is 535 g/mol. The first kappa shape index (κ1) is 25.1. The highest BCUT2D eigenvalue weighted by atomic mass is 35.5. The Morgan fingerprint density at radius 2 is 1.94 bits per heavy atom. The van der Waals surface area contributed by atoms with E-state index in [0.29, 0.717) is 46.7 Å². The molecule has 1 aromatic carbocycles. The molecule has 2 fully saturated rings. The van der Waals surface area contributed by atoms with Crippen molar-refractivity contribution in [3.8, 4) is 17.1 Å². The molecule has 0 amide bonds. The van der Waals surface area contributed by atoms with Crippen LogP contribution < -0.4 is 19.7 Å². The number of sulfonamides is 1. The van der Waals surface area contributed by atoms with Crippen LogP contribution in [0.5, 0.6) is 5.75 Å². The summed E-state index contributed by atoms with van der Waals surface area (Å²) in [5.41, 5.74) is 3.72. The van der Waals surface area contributed by atoms with Crippen molar-refractivity contribution in [2.75, 3.05) is 49.9 Å². The normalized spacial score (nSPS) is 21.0. The number of hydrogen-bond acceptors (Lipinski definition) is 8. The molecule has 2 aliphatic rings. The number of anilines is 2. The molecule has 194 valence electrons. The SMILES string of the molecule is COc1cc(N2CCOCC2)ccc1-c1nc2ncc(Cl)c(N[C@@H]3CCCCC3NS(C)(=O)=O)c2[nH]1. The van der Waals surface area contributed by atoms with Crippen molar-refractivity contribution in [1.82, 2.24) is 19.7 Å². The number of aromatic amines is 1. The summed E-state index contributed by atoms with van der Waals surface area (Å²) in [6.07, 6.45) is 6.32. The molecule has 36 heavy (non-hydrogen) atoms. The third-order valence-electron chi connectivity index (χ3n) is 6.75. The molecule has 1 aliphatic carbocycles. The zero-order valence-corrected chi connectivity index (χ0v) is 22.0. The van der Waals surface area contributed by atoms with Crippen LogP contribution in [-0.4, -0.2) is 75.1 Å². The number of benzene rings is 1. The molecule has 2 atom stereocenters. The van der Waals surface area contributed by atoms with Gasteiger partial charge in [-0.05, 0) is 25.0 Å². The lowest BCUT2D eigenvalue weighted by atomic mass is 9.91. The summed E-state index contributed by atoms with van der Waals surface area (Å²) in [4.78, 5) is 14.8. The predicted molar refractivity (Wildman–Crippen MR) is 142 cm³/mol. The van der Waals surface area contributed by atoms with Crippen molar-refractivity contribution in [3.05, 3.63) is 29.4 Å². The van der Waals surface area contributed by atoms with Crippen molar-refractivity contribution in [1.29, 1.82) is 0 Å². The van der Waals surface area contributed by atoms with Crippen LogP contribution in [0.2, 0.25) is 5.02 Å². The average Bonchev–Trinajstić information content (AvgIpc) is 3.30. The summed E-state index contributed by atoms with van der Waals surface area (Å²) in [6.45, 7) is 3.08. The van der Waals surface area contributed by atoms with Gasteiger partial charge in [-0.15, -0.1) is 0 Å². The molecule has 1 saturated carbocycles. The number of nitrogens with one attached hydrogen (secondary N) is 3. The van der Waals surface area contributed by atoms with Gasteiger partial charge in [0.15, 0.2) is 5.65 Å². The predicted octanol–water partition coefficient (Wildman–Crippen LogP) is 3.40. The first-order valence-electron chi connectivity index (χ1n) is 12.1. The van der Waals surface area contributed by atoms with E-state index in [0.717, 1.165) is 50.0 Å². The standard InChI is InChI=1S/C24H31ClN6O4S/c1-34-20-13-15(31-9-11-35-12-10-31)7-8-16(20)23-28-22-21(17(25)14-26-24(22)29-23)27-18-5-3-4-6-19(18)30-36(2,32)33/h7-8,13-14,18-19,30H,3-6,9-12H2,1-2H3,(H2,26,27,28,29)/t18-,19?/m1/s1. The topological polar surface area (TPSA) is 121 Å². The van der Waals surface area contributed by atoms with Gasteiger partial charge in [-0.25, -0.2) is 23.1 Å². The number of imidazole rings is 1. The maximum absolute atomic E-state index is 11.9. The molecule has 10 nitrogen and oxygen atoms in total. The Morgan fingerprint density at radius 3 is 2.67 bits per heavy atom. The minimum Gasteiger partial charge on any atom is -0.496 e. The van der Waals surface area contributed by atoms with Gasteiger partial charge in [-0.3, -0.25) is 0 Å². The van der Waals surface area contributed by atoms with E-state index in [2.05, 4.69) is 31.0 Å². The molecular weight excluding hydrogens is 504 g/mol. The molecule has 0 spiro atoms. The van der Waals surface area contributed by atoms with Crippen LogP contribution in [0.25, 0.3) is 22.6 Å². The zero-order chi connectivity index (χ0) is 25.3. The van der Waals surface area contributed by atoms with Crippen LogP contribution >= 0.6 is 11.6 Å². The maximum Gasteiger partial charge on any atom is 0.209 e. The van der Waals surface area contributed by atoms with Gasteiger partial charge >= 0.3 is 0 Å². The number of halogens is 1. The molecule has 0 bridgehead atoms. The molecule has 0 radical (unpaired) electrons. The lowest BCUT2D eigenvalue weighted by Gasteiger charge is -2.33. The van der Waals surface area contributed by atoms with Gasteiger partial charge in [0, 0.05) is 36.9 Å². The molecule has 5 rings (SSSR count). The van der Waals surface area contributed by atoms with Gasteiger partial charge in [0.05, 0.1) is 49.0 Å². The number of methoxy groups -OCH3 is 1. The van der Waals surface area contributed by atoms with Crippen molar-refractivity contribution in [3.63, 3.8) is 0 Å². The first-order chi connectivity index (χ1) is 17.3. The molecule has 1 unspecified atom stereocenters. The van der Waals surface area contributed by atoms with Gasteiger partial charge in [-0.2, -0.15) is 0 Å². The van der Waals surface area contributed by atoms with Gasteiger partial charge < -0.3 is 24.7 Å². The summed E-state index contributed by atoms with van der Waals surface area (Å²) in [5, 5.41) is 3.93. The Morgan fingerprint density at radius 1 is 1.19 bits per heavy atom. The molecule has 1 saturated heterocycles.